The highest BCUT2D eigenvalue weighted by molar-refractivity contribution is 5.80. The average molecular weight is 188 g/mol. The van der Waals surface area contributed by atoms with Crippen LogP contribution in [-0.4, -0.2) is 36.8 Å². The van der Waals surface area contributed by atoms with Gasteiger partial charge in [-0.15, -0.1) is 0 Å². The number of hydrogen-bond acceptors (Lipinski definition) is 3. The third-order valence-electron chi connectivity index (χ3n) is 2.29. The van der Waals surface area contributed by atoms with Gasteiger partial charge in [0.15, 0.2) is 0 Å². The van der Waals surface area contributed by atoms with Crippen molar-refractivity contribution in [2.24, 2.45) is 5.92 Å². The molecule has 0 spiro atoms. The van der Waals surface area contributed by atoms with Crippen LogP contribution in [0.15, 0.2) is 0 Å². The van der Waals surface area contributed by atoms with Crippen molar-refractivity contribution in [3.8, 4) is 0 Å². The fourth-order valence-corrected chi connectivity index (χ4v) is 1.01. The molecule has 3 unspecified atom stereocenters. The van der Waals surface area contributed by atoms with Crippen molar-refractivity contribution in [3.63, 3.8) is 0 Å². The predicted molar refractivity (Wildman–Crippen MR) is 52.4 cm³/mol. The van der Waals surface area contributed by atoms with Crippen LogP contribution in [0, 0.1) is 5.92 Å². The van der Waals surface area contributed by atoms with E-state index < -0.39 is 0 Å². The summed E-state index contributed by atoms with van der Waals surface area (Å²) in [5.41, 5.74) is 0. The quantitative estimate of drug-likeness (QED) is 0.556. The number of nitrogens with one attached hydrogen (secondary N) is 2. The third kappa shape index (κ3) is 4.24. The molecular formula is C9H20N2O2. The van der Waals surface area contributed by atoms with Gasteiger partial charge < -0.3 is 15.7 Å². The van der Waals surface area contributed by atoms with Crippen molar-refractivity contribution >= 4 is 5.91 Å². The number of rotatable bonds is 5. The molecular weight excluding hydrogens is 168 g/mol. The summed E-state index contributed by atoms with van der Waals surface area (Å²) < 4.78 is 0. The van der Waals surface area contributed by atoms with Crippen LogP contribution in [0.4, 0.5) is 0 Å². The van der Waals surface area contributed by atoms with E-state index in [9.17, 15) is 4.79 Å². The molecule has 0 heterocycles. The second-order valence-corrected chi connectivity index (χ2v) is 3.45. The van der Waals surface area contributed by atoms with Crippen molar-refractivity contribution in [2.75, 3.05) is 13.7 Å². The Kier molecular flexibility index (Phi) is 5.66. The summed E-state index contributed by atoms with van der Waals surface area (Å²) in [6.07, 6.45) is 0. The lowest BCUT2D eigenvalue weighted by Crippen LogP contribution is -2.47. The van der Waals surface area contributed by atoms with Crippen molar-refractivity contribution in [1.29, 1.82) is 0 Å². The number of aliphatic hydroxyl groups is 1. The topological polar surface area (TPSA) is 61.4 Å². The van der Waals surface area contributed by atoms with Gasteiger partial charge in [0.05, 0.1) is 6.04 Å². The molecule has 4 heteroatoms. The zero-order chi connectivity index (χ0) is 10.4. The highest BCUT2D eigenvalue weighted by Gasteiger charge is 2.17. The first kappa shape index (κ1) is 12.4. The zero-order valence-electron chi connectivity index (χ0n) is 8.79. The van der Waals surface area contributed by atoms with Crippen LogP contribution in [0.5, 0.6) is 0 Å². The van der Waals surface area contributed by atoms with Crippen LogP contribution in [0.25, 0.3) is 0 Å². The van der Waals surface area contributed by atoms with Crippen LogP contribution in [0.1, 0.15) is 20.8 Å². The number of likely N-dealkylation sites (N-methyl/N-ethyl adjacent to an activating group) is 1. The molecule has 3 atom stereocenters. The van der Waals surface area contributed by atoms with E-state index >= 15 is 0 Å². The summed E-state index contributed by atoms with van der Waals surface area (Å²) in [5.74, 6) is 0.129. The van der Waals surface area contributed by atoms with E-state index in [1.54, 1.807) is 14.0 Å². The Labute approximate surface area is 79.7 Å². The van der Waals surface area contributed by atoms with Gasteiger partial charge >= 0.3 is 0 Å². The van der Waals surface area contributed by atoms with E-state index in [0.29, 0.717) is 0 Å². The van der Waals surface area contributed by atoms with Gasteiger partial charge in [0, 0.05) is 19.7 Å². The van der Waals surface area contributed by atoms with E-state index in [2.05, 4.69) is 10.6 Å². The third-order valence-corrected chi connectivity index (χ3v) is 2.29. The van der Waals surface area contributed by atoms with E-state index in [4.69, 9.17) is 5.11 Å². The van der Waals surface area contributed by atoms with Crippen LogP contribution in [-0.2, 0) is 4.79 Å². The van der Waals surface area contributed by atoms with Crippen molar-refractivity contribution in [2.45, 2.75) is 32.9 Å². The molecule has 13 heavy (non-hydrogen) atoms. The second-order valence-electron chi connectivity index (χ2n) is 3.45. The van der Waals surface area contributed by atoms with E-state index in [-0.39, 0.29) is 30.5 Å². The molecule has 0 fully saturated rings. The number of aliphatic hydroxyl groups excluding tert-OH is 1. The molecule has 3 N–H and O–H groups in total. The van der Waals surface area contributed by atoms with Gasteiger partial charge in [-0.1, -0.05) is 6.92 Å². The summed E-state index contributed by atoms with van der Waals surface area (Å²) in [5, 5.41) is 14.5. The minimum atomic E-state index is -0.214. The monoisotopic (exact) mass is 188 g/mol. The summed E-state index contributed by atoms with van der Waals surface area (Å²) >= 11 is 0. The standard InChI is InChI=1S/C9H20N2O2/c1-6(5-12)7(2)11-8(3)9(13)10-4/h6-8,11-12H,5H2,1-4H3,(H,10,13). The van der Waals surface area contributed by atoms with Crippen LogP contribution in [0.2, 0.25) is 0 Å². The highest BCUT2D eigenvalue weighted by atomic mass is 16.3. The minimum Gasteiger partial charge on any atom is -0.396 e. The van der Waals surface area contributed by atoms with Crippen LogP contribution < -0.4 is 10.6 Å². The molecule has 0 aliphatic heterocycles. The maximum Gasteiger partial charge on any atom is 0.236 e. The normalized spacial score (nSPS) is 17.6. The Morgan fingerprint density at radius 2 is 1.92 bits per heavy atom. The molecule has 4 nitrogen and oxygen atoms in total. The molecule has 78 valence electrons. The van der Waals surface area contributed by atoms with Crippen molar-refractivity contribution < 1.29 is 9.90 Å². The Morgan fingerprint density at radius 1 is 1.38 bits per heavy atom. The first-order chi connectivity index (χ1) is 6.02. The van der Waals surface area contributed by atoms with E-state index in [1.165, 1.54) is 0 Å². The highest BCUT2D eigenvalue weighted by Crippen LogP contribution is 2.01. The number of carbonyl (C=O) groups excluding carboxylic acids is 1. The SMILES string of the molecule is CNC(=O)C(C)NC(C)C(C)CO. The summed E-state index contributed by atoms with van der Waals surface area (Å²) in [7, 11) is 1.61. The molecule has 1 amide bonds. The molecule has 0 saturated carbocycles. The summed E-state index contributed by atoms with van der Waals surface area (Å²) in [6.45, 7) is 5.84. The Morgan fingerprint density at radius 3 is 2.31 bits per heavy atom. The first-order valence-corrected chi connectivity index (χ1v) is 4.61. The Hall–Kier alpha value is -0.610. The summed E-state index contributed by atoms with van der Waals surface area (Å²) in [4.78, 5) is 11.1. The van der Waals surface area contributed by atoms with Gasteiger partial charge in [-0.2, -0.15) is 0 Å². The smallest absolute Gasteiger partial charge is 0.236 e. The van der Waals surface area contributed by atoms with Crippen molar-refractivity contribution in [1.82, 2.24) is 10.6 Å². The van der Waals surface area contributed by atoms with Gasteiger partial charge in [0.1, 0.15) is 0 Å². The molecule has 0 aliphatic carbocycles. The van der Waals surface area contributed by atoms with Crippen molar-refractivity contribution in [3.05, 3.63) is 0 Å². The maximum atomic E-state index is 11.1. The van der Waals surface area contributed by atoms with Gasteiger partial charge in [-0.3, -0.25) is 4.79 Å². The fraction of sp³-hybridized carbons (Fsp3) is 0.889. The molecule has 0 rings (SSSR count). The molecule has 0 bridgehead atoms. The predicted octanol–water partition coefficient (Wildman–Crippen LogP) is -0.273. The first-order valence-electron chi connectivity index (χ1n) is 4.61. The second kappa shape index (κ2) is 5.94. The largest absolute Gasteiger partial charge is 0.396 e. The van der Waals surface area contributed by atoms with Crippen LogP contribution in [0.3, 0.4) is 0 Å². The fourth-order valence-electron chi connectivity index (χ4n) is 1.01. The molecule has 0 aromatic heterocycles. The van der Waals surface area contributed by atoms with Gasteiger partial charge in [0.2, 0.25) is 5.91 Å². The lowest BCUT2D eigenvalue weighted by atomic mass is 10.0. The molecule has 0 aromatic rings. The molecule has 0 aromatic carbocycles. The zero-order valence-corrected chi connectivity index (χ0v) is 8.79. The number of amides is 1. The average Bonchev–Trinajstić information content (AvgIpc) is 2.14. The molecule has 0 aliphatic rings. The van der Waals surface area contributed by atoms with Gasteiger partial charge in [0.25, 0.3) is 0 Å². The lowest BCUT2D eigenvalue weighted by molar-refractivity contribution is -0.122. The van der Waals surface area contributed by atoms with Gasteiger partial charge in [-0.25, -0.2) is 0 Å². The van der Waals surface area contributed by atoms with Crippen LogP contribution >= 0.6 is 0 Å². The number of hydrogen-bond donors (Lipinski definition) is 3. The minimum absolute atomic E-state index is 0.0306. The Balaban J connectivity index is 3.90. The molecule has 0 saturated heterocycles. The maximum absolute atomic E-state index is 11.1. The molecule has 0 radical (unpaired) electrons. The lowest BCUT2D eigenvalue weighted by Gasteiger charge is -2.22. The number of carbonyl (C=O) groups is 1. The summed E-state index contributed by atoms with van der Waals surface area (Å²) in [6, 6.07) is -0.0775. The van der Waals surface area contributed by atoms with E-state index in [1.807, 2.05) is 13.8 Å². The Bertz CT molecular complexity index is 162. The van der Waals surface area contributed by atoms with E-state index in [0.717, 1.165) is 0 Å². The van der Waals surface area contributed by atoms with Gasteiger partial charge in [-0.05, 0) is 19.8 Å².